The van der Waals surface area contributed by atoms with Gasteiger partial charge in [-0.15, -0.1) is 0 Å². The highest BCUT2D eigenvalue weighted by Gasteiger charge is 2.40. The van der Waals surface area contributed by atoms with Gasteiger partial charge in [-0.25, -0.2) is 37.5 Å². The molecule has 4 saturated carbocycles. The average Bonchev–Trinajstić information content (AvgIpc) is 1.63. The monoisotopic (exact) mass is 1280 g/mol. The third-order valence-corrected chi connectivity index (χ3v) is 21.7. The summed E-state index contributed by atoms with van der Waals surface area (Å²) in [5.41, 5.74) is 9.81. The number of aliphatic hydroxyl groups excluding tert-OH is 8. The van der Waals surface area contributed by atoms with E-state index in [1.807, 2.05) is 42.5 Å². The molecule has 8 aliphatic rings. The van der Waals surface area contributed by atoms with E-state index in [4.69, 9.17) is 0 Å². The minimum atomic E-state index is -0.492. The van der Waals surface area contributed by atoms with Crippen molar-refractivity contribution in [2.45, 2.75) is 209 Å². The second kappa shape index (κ2) is 28.6. The minimum absolute atomic E-state index is 0. The summed E-state index contributed by atoms with van der Waals surface area (Å²) in [5.74, 6) is -0.153. The van der Waals surface area contributed by atoms with Crippen LogP contribution in [-0.2, 0) is 0 Å². The van der Waals surface area contributed by atoms with Gasteiger partial charge in [0.1, 0.15) is 23.3 Å². The first-order chi connectivity index (χ1) is 44.6. The zero-order valence-corrected chi connectivity index (χ0v) is 51.6. The van der Waals surface area contributed by atoms with Gasteiger partial charge in [0.25, 0.3) is 0 Å². The lowest BCUT2D eigenvalue weighted by Gasteiger charge is -2.31. The molecule has 8 N–H and O–H groups in total. The number of nitrogens with zero attached hydrogens (tertiary/aromatic N) is 8. The number of hydrogen-bond acceptors (Lipinski definition) is 12. The molecule has 0 spiro atoms. The Morgan fingerprint density at radius 1 is 0.323 bits per heavy atom. The third-order valence-electron chi connectivity index (χ3n) is 21.7. The average molecular weight is 1280 g/mol. The van der Waals surface area contributed by atoms with Crippen molar-refractivity contribution in [2.24, 2.45) is 23.7 Å². The lowest BCUT2D eigenvalue weighted by molar-refractivity contribution is 0.0324. The van der Waals surface area contributed by atoms with Crippen LogP contribution in [0.4, 0.5) is 17.6 Å². The maximum absolute atomic E-state index is 14.4. The van der Waals surface area contributed by atoms with E-state index < -0.39 is 24.4 Å². The zero-order chi connectivity index (χ0) is 63.9. The molecule has 8 heterocycles. The molecule has 93 heavy (non-hydrogen) atoms. The summed E-state index contributed by atoms with van der Waals surface area (Å²) in [6.07, 6.45) is 25.5. The largest absolute Gasteiger partial charge is 0.393 e. The maximum Gasteiger partial charge on any atom is 0.129 e. The quantitative estimate of drug-likeness (QED) is 0.0534. The van der Waals surface area contributed by atoms with Crippen molar-refractivity contribution < 1.29 is 58.4 Å². The van der Waals surface area contributed by atoms with E-state index in [1.165, 1.54) is 24.3 Å². The fraction of sp³-hybridized carbons (Fsp3) is 0.507. The van der Waals surface area contributed by atoms with Crippen LogP contribution in [0, 0.1) is 46.9 Å². The van der Waals surface area contributed by atoms with Gasteiger partial charge in [0.05, 0.1) is 146 Å². The molecule has 496 valence electrons. The van der Waals surface area contributed by atoms with Crippen molar-refractivity contribution in [2.75, 3.05) is 0 Å². The normalized spacial score (nSPS) is 27.2. The molecule has 16 rings (SSSR count). The molecule has 0 saturated heterocycles. The van der Waals surface area contributed by atoms with Crippen LogP contribution in [0.3, 0.4) is 0 Å². The summed E-state index contributed by atoms with van der Waals surface area (Å²) in [5, 5.41) is 81.1. The summed E-state index contributed by atoms with van der Waals surface area (Å²) < 4.78 is 65.4. The molecule has 0 unspecified atom stereocenters. The van der Waals surface area contributed by atoms with Gasteiger partial charge in [-0.2, -0.15) is 0 Å². The van der Waals surface area contributed by atoms with E-state index in [2.05, 4.69) is 19.9 Å². The van der Waals surface area contributed by atoms with Crippen LogP contribution in [0.5, 0.6) is 0 Å². The van der Waals surface area contributed by atoms with Crippen LogP contribution >= 0.6 is 0 Å². The van der Waals surface area contributed by atoms with Gasteiger partial charge >= 0.3 is 0 Å². The number of aromatic nitrogens is 8. The summed E-state index contributed by atoms with van der Waals surface area (Å²) in [6.45, 7) is 0. The Kier molecular flexibility index (Phi) is 20.3. The molecule has 20 heteroatoms. The Balaban J connectivity index is 0.000000119. The molecule has 8 aromatic rings. The molecule has 4 aliphatic carbocycles. The molecule has 0 bridgehead atoms. The molecular weight excluding hydrogens is 1190 g/mol. The summed E-state index contributed by atoms with van der Waals surface area (Å²) >= 11 is 0. The molecule has 4 aromatic heterocycles. The number of imidazole rings is 4. The molecule has 0 amide bonds. The van der Waals surface area contributed by atoms with Gasteiger partial charge in [-0.05, 0) is 176 Å². The van der Waals surface area contributed by atoms with Crippen molar-refractivity contribution in [3.05, 3.63) is 168 Å². The first kappa shape index (κ1) is 66.2. The van der Waals surface area contributed by atoms with Gasteiger partial charge in [0, 0.05) is 44.5 Å². The van der Waals surface area contributed by atoms with Crippen LogP contribution in [0.2, 0.25) is 0 Å². The highest BCUT2D eigenvalue weighted by Crippen LogP contribution is 2.49. The number of aliphatic hydroxyl groups is 8. The lowest BCUT2D eigenvalue weighted by Crippen LogP contribution is -2.29. The number of halogens is 4. The highest BCUT2D eigenvalue weighted by atomic mass is 19.1. The van der Waals surface area contributed by atoms with Crippen LogP contribution in [0.25, 0.3) is 45.0 Å². The van der Waals surface area contributed by atoms with Crippen LogP contribution in [-0.4, -0.2) is 128 Å². The third kappa shape index (κ3) is 13.4. The van der Waals surface area contributed by atoms with Gasteiger partial charge in [-0.1, -0.05) is 56.0 Å². The van der Waals surface area contributed by atoms with E-state index in [9.17, 15) is 58.4 Å². The molecule has 4 aliphatic heterocycles. The Morgan fingerprint density at radius 3 is 0.710 bits per heavy atom. The number of hydrogen-bond donors (Lipinski definition) is 8. The molecule has 16 nitrogen and oxygen atoms in total. The van der Waals surface area contributed by atoms with Gasteiger partial charge in [-0.3, -0.25) is 0 Å². The van der Waals surface area contributed by atoms with E-state index in [-0.39, 0.29) is 103 Å². The smallest absolute Gasteiger partial charge is 0.129 e. The lowest BCUT2D eigenvalue weighted by atomic mass is 9.81. The first-order valence-electron chi connectivity index (χ1n) is 33.3. The van der Waals surface area contributed by atoms with E-state index in [0.29, 0.717) is 47.9 Å². The van der Waals surface area contributed by atoms with Crippen LogP contribution < -0.4 is 0 Å². The standard InChI is InChI=1S/4C18H21FN2O2.CH4/c4*19-14-3-1-2-13-16-9-20-10-21(16)15(18(13)14)8-17(23)11-4-6-12(22)7-5-11;/h4*1-3,9-12,15,17,22-23H,4-8H2;1H4/t2*11?,12?,15-,17+;2*11?,12?,15-,17-;/m1010./s1. The first-order valence-corrected chi connectivity index (χ1v) is 33.3. The van der Waals surface area contributed by atoms with E-state index in [0.717, 1.165) is 148 Å². The second-order valence-electron chi connectivity index (χ2n) is 27.1. The van der Waals surface area contributed by atoms with Gasteiger partial charge in [0.2, 0.25) is 0 Å². The van der Waals surface area contributed by atoms with Crippen LogP contribution in [0.1, 0.15) is 182 Å². The molecule has 4 fully saturated rings. The maximum atomic E-state index is 14.4. The van der Waals surface area contributed by atoms with E-state index >= 15 is 0 Å². The fourth-order valence-electron chi connectivity index (χ4n) is 16.6. The van der Waals surface area contributed by atoms with E-state index in [1.54, 1.807) is 74.4 Å². The Morgan fingerprint density at radius 2 is 0.516 bits per heavy atom. The predicted molar refractivity (Wildman–Crippen MR) is 344 cm³/mol. The van der Waals surface area contributed by atoms with Crippen molar-refractivity contribution in [3.63, 3.8) is 0 Å². The van der Waals surface area contributed by atoms with Crippen molar-refractivity contribution in [1.82, 2.24) is 38.2 Å². The second-order valence-corrected chi connectivity index (χ2v) is 27.1. The van der Waals surface area contributed by atoms with Crippen molar-refractivity contribution >= 4 is 0 Å². The number of fused-ring (bicyclic) bond motifs is 12. The van der Waals surface area contributed by atoms with Gasteiger partial charge in [0.15, 0.2) is 0 Å². The van der Waals surface area contributed by atoms with Crippen LogP contribution in [0.15, 0.2) is 123 Å². The molecule has 0 radical (unpaired) electrons. The van der Waals surface area contributed by atoms with Crippen molar-refractivity contribution in [3.8, 4) is 45.0 Å². The molecular formula is C73H88F4N8O8. The summed E-state index contributed by atoms with van der Waals surface area (Å²) in [7, 11) is 0. The van der Waals surface area contributed by atoms with Gasteiger partial charge < -0.3 is 59.1 Å². The Labute approximate surface area is 540 Å². The zero-order valence-electron chi connectivity index (χ0n) is 51.6. The topological polar surface area (TPSA) is 233 Å². The summed E-state index contributed by atoms with van der Waals surface area (Å²) in [6, 6.07) is 19.6. The molecule has 4 aromatic carbocycles. The fourth-order valence-corrected chi connectivity index (χ4v) is 16.6. The Hall–Kier alpha value is -6.88. The Bertz CT molecular complexity index is 3310. The van der Waals surface area contributed by atoms with Crippen molar-refractivity contribution in [1.29, 1.82) is 0 Å². The highest BCUT2D eigenvalue weighted by molar-refractivity contribution is 5.72. The summed E-state index contributed by atoms with van der Waals surface area (Å²) in [4.78, 5) is 16.7. The minimum Gasteiger partial charge on any atom is -0.393 e. The number of benzene rings is 4. The SMILES string of the molecule is C.OC1CCC([C@@H](O)C[C@@H]2c3c(F)cccc3-c3cncn32)CC1.OC1CCC([C@@H](O)C[C@H]2c3c(F)cccc3-c3cncn32)CC1.OC1CCC([C@H](O)C[C@@H]2c3c(F)cccc3-c3cncn32)CC1.OC1CCC([C@H](O)C[C@H]2c3c(F)cccc3-c3cncn32)CC1. The number of rotatable bonds is 12. The molecule has 8 atom stereocenters. The predicted octanol–water partition coefficient (Wildman–Crippen LogP) is 12.2.